The van der Waals surface area contributed by atoms with Crippen LogP contribution in [-0.4, -0.2) is 39.3 Å². The normalized spacial score (nSPS) is 15.8. The standard InChI is InChI=1S/C27H33N3O2/c1-19-9-5-6-10-21(19)17-25(31)20-13-15-30(16-14-20)18-24-26(32-27(2,3)4)29-23-12-8-7-11-22(23)28-24/h5-12,20H,13-18H2,1-4H3. The molecule has 1 aromatic heterocycles. The number of hydrogen-bond acceptors (Lipinski definition) is 5. The van der Waals surface area contributed by atoms with Gasteiger partial charge in [-0.05, 0) is 76.9 Å². The van der Waals surface area contributed by atoms with E-state index >= 15 is 0 Å². The number of aromatic nitrogens is 2. The highest BCUT2D eigenvalue weighted by atomic mass is 16.5. The Kier molecular flexibility index (Phi) is 6.56. The van der Waals surface area contributed by atoms with Crippen molar-refractivity contribution in [3.8, 4) is 5.88 Å². The first-order valence-corrected chi connectivity index (χ1v) is 11.5. The predicted octanol–water partition coefficient (Wildman–Crippen LogP) is 5.14. The Balaban J connectivity index is 1.43. The second-order valence-corrected chi connectivity index (χ2v) is 9.80. The average molecular weight is 432 g/mol. The molecular weight excluding hydrogens is 398 g/mol. The highest BCUT2D eigenvalue weighted by molar-refractivity contribution is 5.83. The van der Waals surface area contributed by atoms with Crippen LogP contribution in [0.2, 0.25) is 0 Å². The Morgan fingerprint density at radius 2 is 1.62 bits per heavy atom. The van der Waals surface area contributed by atoms with Crippen LogP contribution >= 0.6 is 0 Å². The molecule has 5 nitrogen and oxygen atoms in total. The van der Waals surface area contributed by atoms with E-state index < -0.39 is 0 Å². The largest absolute Gasteiger partial charge is 0.471 e. The maximum absolute atomic E-state index is 12.9. The summed E-state index contributed by atoms with van der Waals surface area (Å²) >= 11 is 0. The van der Waals surface area contributed by atoms with Gasteiger partial charge >= 0.3 is 0 Å². The smallest absolute Gasteiger partial charge is 0.238 e. The van der Waals surface area contributed by atoms with Crippen LogP contribution in [0.15, 0.2) is 48.5 Å². The molecule has 4 rings (SSSR count). The highest BCUT2D eigenvalue weighted by Crippen LogP contribution is 2.27. The first-order chi connectivity index (χ1) is 15.3. The van der Waals surface area contributed by atoms with E-state index in [1.54, 1.807) is 0 Å². The van der Waals surface area contributed by atoms with Crippen molar-refractivity contribution < 1.29 is 9.53 Å². The van der Waals surface area contributed by atoms with Crippen LogP contribution in [0.3, 0.4) is 0 Å². The summed E-state index contributed by atoms with van der Waals surface area (Å²) < 4.78 is 6.17. The third-order valence-electron chi connectivity index (χ3n) is 6.05. The maximum Gasteiger partial charge on any atom is 0.238 e. The molecule has 1 aliphatic rings. The quantitative estimate of drug-likeness (QED) is 0.541. The van der Waals surface area contributed by atoms with Gasteiger partial charge in [-0.15, -0.1) is 0 Å². The van der Waals surface area contributed by atoms with Gasteiger partial charge in [-0.2, -0.15) is 0 Å². The fourth-order valence-corrected chi connectivity index (χ4v) is 4.26. The number of ether oxygens (including phenoxy) is 1. The molecular formula is C27H33N3O2. The number of hydrogen-bond donors (Lipinski definition) is 0. The fraction of sp³-hybridized carbons (Fsp3) is 0.444. The number of Topliss-reactive ketones (excluding diaryl/α,β-unsaturated/α-hetero) is 1. The number of fused-ring (bicyclic) bond motifs is 1. The van der Waals surface area contributed by atoms with Crippen molar-refractivity contribution in [1.29, 1.82) is 0 Å². The summed E-state index contributed by atoms with van der Waals surface area (Å²) in [6.07, 6.45) is 2.32. The molecule has 0 aliphatic carbocycles. The van der Waals surface area contributed by atoms with E-state index in [4.69, 9.17) is 14.7 Å². The van der Waals surface area contributed by atoms with E-state index in [9.17, 15) is 4.79 Å². The third-order valence-corrected chi connectivity index (χ3v) is 6.05. The number of likely N-dealkylation sites (tertiary alicyclic amines) is 1. The molecule has 32 heavy (non-hydrogen) atoms. The molecule has 0 N–H and O–H groups in total. The number of carbonyl (C=O) groups excluding carboxylic acids is 1. The minimum atomic E-state index is -0.346. The Morgan fingerprint density at radius 3 is 2.28 bits per heavy atom. The van der Waals surface area contributed by atoms with E-state index in [1.165, 1.54) is 5.56 Å². The molecule has 5 heteroatoms. The minimum absolute atomic E-state index is 0.138. The van der Waals surface area contributed by atoms with Gasteiger partial charge in [0.05, 0.1) is 11.0 Å². The van der Waals surface area contributed by atoms with Crippen LogP contribution in [0.1, 0.15) is 50.4 Å². The molecule has 1 fully saturated rings. The summed E-state index contributed by atoms with van der Waals surface area (Å²) in [5.41, 5.74) is 4.59. The lowest BCUT2D eigenvalue weighted by Gasteiger charge is -2.31. The van der Waals surface area contributed by atoms with Crippen LogP contribution in [0, 0.1) is 12.8 Å². The molecule has 3 aromatic rings. The number of nitrogens with zero attached hydrogens (tertiary/aromatic N) is 3. The monoisotopic (exact) mass is 431 g/mol. The molecule has 0 amide bonds. The van der Waals surface area contributed by atoms with Gasteiger partial charge in [0.2, 0.25) is 5.88 Å². The van der Waals surface area contributed by atoms with Crippen molar-refractivity contribution >= 4 is 16.8 Å². The lowest BCUT2D eigenvalue weighted by Crippen LogP contribution is -2.37. The Bertz CT molecular complexity index is 1100. The third kappa shape index (κ3) is 5.52. The number of rotatable bonds is 6. The van der Waals surface area contributed by atoms with E-state index in [2.05, 4.69) is 24.0 Å². The van der Waals surface area contributed by atoms with Crippen LogP contribution in [0.5, 0.6) is 5.88 Å². The molecule has 2 aromatic carbocycles. The van der Waals surface area contributed by atoms with Crippen molar-refractivity contribution in [3.05, 3.63) is 65.4 Å². The van der Waals surface area contributed by atoms with Crippen molar-refractivity contribution in [1.82, 2.24) is 14.9 Å². The zero-order valence-electron chi connectivity index (χ0n) is 19.6. The van der Waals surface area contributed by atoms with Gasteiger partial charge in [-0.3, -0.25) is 9.69 Å². The summed E-state index contributed by atoms with van der Waals surface area (Å²) in [5, 5.41) is 0. The Labute approximate surface area is 190 Å². The van der Waals surface area contributed by atoms with Gasteiger partial charge in [0.15, 0.2) is 0 Å². The van der Waals surface area contributed by atoms with E-state index in [0.717, 1.165) is 48.2 Å². The van der Waals surface area contributed by atoms with Crippen molar-refractivity contribution in [2.45, 2.75) is 59.1 Å². The fourth-order valence-electron chi connectivity index (χ4n) is 4.26. The number of benzene rings is 2. The molecule has 168 valence electrons. The van der Waals surface area contributed by atoms with Crippen molar-refractivity contribution in [3.63, 3.8) is 0 Å². The van der Waals surface area contributed by atoms with Gasteiger partial charge in [0, 0.05) is 18.9 Å². The molecule has 2 heterocycles. The molecule has 0 atom stereocenters. The van der Waals surface area contributed by atoms with Crippen molar-refractivity contribution in [2.75, 3.05) is 13.1 Å². The summed E-state index contributed by atoms with van der Waals surface area (Å²) in [6.45, 7) is 10.6. The molecule has 0 radical (unpaired) electrons. The second kappa shape index (κ2) is 9.37. The zero-order chi connectivity index (χ0) is 22.7. The van der Waals surface area contributed by atoms with Gasteiger partial charge in [0.25, 0.3) is 0 Å². The Morgan fingerprint density at radius 1 is 1.00 bits per heavy atom. The molecule has 0 saturated carbocycles. The molecule has 1 saturated heterocycles. The van der Waals surface area contributed by atoms with Crippen LogP contribution in [0.4, 0.5) is 0 Å². The van der Waals surface area contributed by atoms with E-state index in [-0.39, 0.29) is 11.5 Å². The summed E-state index contributed by atoms with van der Waals surface area (Å²) in [4.78, 5) is 24.9. The lowest BCUT2D eigenvalue weighted by molar-refractivity contribution is -0.123. The molecule has 0 bridgehead atoms. The van der Waals surface area contributed by atoms with Crippen LogP contribution < -0.4 is 4.74 Å². The lowest BCUT2D eigenvalue weighted by atomic mass is 9.88. The van der Waals surface area contributed by atoms with Gasteiger partial charge in [-0.25, -0.2) is 9.97 Å². The highest BCUT2D eigenvalue weighted by Gasteiger charge is 2.27. The topological polar surface area (TPSA) is 55.3 Å². The molecule has 0 unspecified atom stereocenters. The SMILES string of the molecule is Cc1ccccc1CC(=O)C1CCN(Cc2nc3ccccc3nc2OC(C)(C)C)CC1. The maximum atomic E-state index is 12.9. The summed E-state index contributed by atoms with van der Waals surface area (Å²) in [7, 11) is 0. The number of para-hydroxylation sites is 2. The van der Waals surface area contributed by atoms with E-state index in [1.807, 2.05) is 57.2 Å². The second-order valence-electron chi connectivity index (χ2n) is 9.80. The van der Waals surface area contributed by atoms with Crippen LogP contribution in [0.25, 0.3) is 11.0 Å². The minimum Gasteiger partial charge on any atom is -0.471 e. The summed E-state index contributed by atoms with van der Waals surface area (Å²) in [5.74, 6) is 1.11. The van der Waals surface area contributed by atoms with Crippen LogP contribution in [-0.2, 0) is 17.8 Å². The zero-order valence-corrected chi connectivity index (χ0v) is 19.6. The predicted molar refractivity (Wildman–Crippen MR) is 128 cm³/mol. The van der Waals surface area contributed by atoms with Crippen molar-refractivity contribution in [2.24, 2.45) is 5.92 Å². The molecule has 0 spiro atoms. The summed E-state index contributed by atoms with van der Waals surface area (Å²) in [6, 6.07) is 16.1. The first kappa shape index (κ1) is 22.4. The van der Waals surface area contributed by atoms with Gasteiger partial charge in [0.1, 0.15) is 17.1 Å². The first-order valence-electron chi connectivity index (χ1n) is 11.5. The number of carbonyl (C=O) groups is 1. The Hall–Kier alpha value is -2.79. The number of ketones is 1. The molecule has 1 aliphatic heterocycles. The number of piperidine rings is 1. The van der Waals surface area contributed by atoms with Gasteiger partial charge < -0.3 is 4.74 Å². The van der Waals surface area contributed by atoms with Gasteiger partial charge in [-0.1, -0.05) is 36.4 Å². The average Bonchev–Trinajstić information content (AvgIpc) is 2.75. The number of aryl methyl sites for hydroxylation is 1. The van der Waals surface area contributed by atoms with E-state index in [0.29, 0.717) is 24.6 Å².